The zero-order valence-electron chi connectivity index (χ0n) is 11.7. The van der Waals surface area contributed by atoms with Gasteiger partial charge in [-0.3, -0.25) is 0 Å². The maximum absolute atomic E-state index is 5.07. The van der Waals surface area contributed by atoms with Crippen molar-refractivity contribution in [3.8, 4) is 6.01 Å². The van der Waals surface area contributed by atoms with E-state index < -0.39 is 0 Å². The SMILES string of the molecule is COc1nc(Nc2cc3nc(C)cc(C)n3n2)nn1C. The first-order valence-corrected chi connectivity index (χ1v) is 6.13. The number of fused-ring (bicyclic) bond motifs is 1. The lowest BCUT2D eigenvalue weighted by atomic mass is 10.3. The Labute approximate surface area is 115 Å². The number of methoxy groups -OCH3 is 1. The maximum Gasteiger partial charge on any atom is 0.316 e. The molecule has 3 aromatic rings. The lowest BCUT2D eigenvalue weighted by Crippen LogP contribution is -1.98. The maximum atomic E-state index is 5.07. The number of anilines is 2. The first-order valence-electron chi connectivity index (χ1n) is 6.13. The second kappa shape index (κ2) is 4.48. The summed E-state index contributed by atoms with van der Waals surface area (Å²) in [5, 5.41) is 11.7. The molecule has 8 nitrogen and oxygen atoms in total. The molecule has 0 spiro atoms. The van der Waals surface area contributed by atoms with Crippen LogP contribution in [0.2, 0.25) is 0 Å². The van der Waals surface area contributed by atoms with Gasteiger partial charge in [0.05, 0.1) is 7.11 Å². The van der Waals surface area contributed by atoms with E-state index >= 15 is 0 Å². The second-order valence-electron chi connectivity index (χ2n) is 4.51. The monoisotopic (exact) mass is 273 g/mol. The van der Waals surface area contributed by atoms with Crippen molar-refractivity contribution in [1.82, 2.24) is 29.4 Å². The van der Waals surface area contributed by atoms with E-state index in [-0.39, 0.29) is 0 Å². The third-order valence-electron chi connectivity index (χ3n) is 2.88. The van der Waals surface area contributed by atoms with Gasteiger partial charge in [-0.15, -0.1) is 10.2 Å². The predicted molar refractivity (Wildman–Crippen MR) is 73.3 cm³/mol. The standard InChI is InChI=1S/C12H15N7O/c1-7-5-8(2)19-10(13-7)6-9(16-19)14-11-15-12(20-4)18(3)17-11/h5-6H,1-4H3,(H,14,16,17). The fourth-order valence-electron chi connectivity index (χ4n) is 2.06. The van der Waals surface area contributed by atoms with Crippen LogP contribution in [0.15, 0.2) is 12.1 Å². The second-order valence-corrected chi connectivity index (χ2v) is 4.51. The predicted octanol–water partition coefficient (Wildman–Crippen LogP) is 1.23. The topological polar surface area (TPSA) is 82.2 Å². The molecule has 0 aliphatic carbocycles. The summed E-state index contributed by atoms with van der Waals surface area (Å²) in [6.45, 7) is 3.94. The molecule has 20 heavy (non-hydrogen) atoms. The third kappa shape index (κ3) is 2.04. The van der Waals surface area contributed by atoms with Crippen LogP contribution in [-0.2, 0) is 7.05 Å². The summed E-state index contributed by atoms with van der Waals surface area (Å²) in [5.41, 5.74) is 2.76. The van der Waals surface area contributed by atoms with Gasteiger partial charge in [-0.05, 0) is 19.9 Å². The Balaban J connectivity index is 1.96. The molecule has 0 atom stereocenters. The molecule has 0 unspecified atom stereocenters. The number of ether oxygens (including phenoxy) is 1. The summed E-state index contributed by atoms with van der Waals surface area (Å²) in [6.07, 6.45) is 0. The molecule has 104 valence electrons. The Hall–Kier alpha value is -2.64. The van der Waals surface area contributed by atoms with Crippen LogP contribution in [0.4, 0.5) is 11.8 Å². The highest BCUT2D eigenvalue weighted by molar-refractivity contribution is 5.56. The van der Waals surface area contributed by atoms with Crippen molar-refractivity contribution < 1.29 is 4.74 Å². The average Bonchev–Trinajstić information content (AvgIpc) is 2.93. The van der Waals surface area contributed by atoms with Gasteiger partial charge in [0.2, 0.25) is 0 Å². The minimum Gasteiger partial charge on any atom is -0.467 e. The molecule has 8 heteroatoms. The Bertz CT molecular complexity index is 774. The van der Waals surface area contributed by atoms with Crippen LogP contribution in [0.25, 0.3) is 5.65 Å². The lowest BCUT2D eigenvalue weighted by molar-refractivity contribution is 0.359. The van der Waals surface area contributed by atoms with Gasteiger partial charge in [0.1, 0.15) is 0 Å². The van der Waals surface area contributed by atoms with Crippen molar-refractivity contribution in [3.63, 3.8) is 0 Å². The average molecular weight is 273 g/mol. The molecule has 0 aromatic carbocycles. The minimum absolute atomic E-state index is 0.432. The summed E-state index contributed by atoms with van der Waals surface area (Å²) < 4.78 is 8.39. The normalized spacial score (nSPS) is 11.0. The van der Waals surface area contributed by atoms with Crippen LogP contribution < -0.4 is 10.1 Å². The molecule has 0 bridgehead atoms. The summed E-state index contributed by atoms with van der Waals surface area (Å²) in [4.78, 5) is 8.61. The van der Waals surface area contributed by atoms with E-state index in [1.807, 2.05) is 26.0 Å². The van der Waals surface area contributed by atoms with E-state index in [2.05, 4.69) is 25.5 Å². The smallest absolute Gasteiger partial charge is 0.316 e. The molecule has 1 N–H and O–H groups in total. The van der Waals surface area contributed by atoms with Crippen molar-refractivity contribution in [1.29, 1.82) is 0 Å². The van der Waals surface area contributed by atoms with E-state index in [0.29, 0.717) is 17.8 Å². The summed E-state index contributed by atoms with van der Waals surface area (Å²) in [7, 11) is 3.31. The Morgan fingerprint density at radius 1 is 1.15 bits per heavy atom. The van der Waals surface area contributed by atoms with Gasteiger partial charge in [0, 0.05) is 24.5 Å². The van der Waals surface area contributed by atoms with E-state index in [9.17, 15) is 0 Å². The van der Waals surface area contributed by atoms with Crippen LogP contribution in [0.1, 0.15) is 11.4 Å². The highest BCUT2D eigenvalue weighted by Gasteiger charge is 2.10. The Morgan fingerprint density at radius 2 is 1.95 bits per heavy atom. The molecule has 0 aliphatic rings. The fourth-order valence-corrected chi connectivity index (χ4v) is 2.06. The molecule has 0 radical (unpaired) electrons. The number of aromatic nitrogens is 6. The largest absolute Gasteiger partial charge is 0.467 e. The van der Waals surface area contributed by atoms with Crippen LogP contribution in [-0.4, -0.2) is 36.5 Å². The molecule has 0 amide bonds. The van der Waals surface area contributed by atoms with E-state index in [1.54, 1.807) is 23.4 Å². The van der Waals surface area contributed by atoms with Gasteiger partial charge in [0.25, 0.3) is 5.95 Å². The molecule has 3 heterocycles. The van der Waals surface area contributed by atoms with Crippen LogP contribution in [0.5, 0.6) is 6.01 Å². The van der Waals surface area contributed by atoms with E-state index in [1.165, 1.54) is 0 Å². The van der Waals surface area contributed by atoms with Gasteiger partial charge in [-0.25, -0.2) is 14.2 Å². The Morgan fingerprint density at radius 3 is 2.65 bits per heavy atom. The minimum atomic E-state index is 0.432. The number of hydrogen-bond acceptors (Lipinski definition) is 6. The van der Waals surface area contributed by atoms with Crippen molar-refractivity contribution in [2.45, 2.75) is 13.8 Å². The van der Waals surface area contributed by atoms with Crippen LogP contribution >= 0.6 is 0 Å². The van der Waals surface area contributed by atoms with Gasteiger partial charge in [-0.1, -0.05) is 0 Å². The van der Waals surface area contributed by atoms with Gasteiger partial charge < -0.3 is 10.1 Å². The quantitative estimate of drug-likeness (QED) is 0.772. The summed E-state index contributed by atoms with van der Waals surface area (Å²) in [5.74, 6) is 1.07. The van der Waals surface area contributed by atoms with Gasteiger partial charge in [0.15, 0.2) is 11.5 Å². The number of rotatable bonds is 3. The van der Waals surface area contributed by atoms with Crippen LogP contribution in [0.3, 0.4) is 0 Å². The van der Waals surface area contributed by atoms with Gasteiger partial charge >= 0.3 is 6.01 Å². The lowest BCUT2D eigenvalue weighted by Gasteiger charge is -1.99. The molecular formula is C12H15N7O. The van der Waals surface area contributed by atoms with Gasteiger partial charge in [-0.2, -0.15) is 4.98 Å². The number of hydrogen-bond donors (Lipinski definition) is 1. The number of aryl methyl sites for hydroxylation is 3. The molecule has 0 fully saturated rings. The van der Waals surface area contributed by atoms with Crippen molar-refractivity contribution in [2.75, 3.05) is 12.4 Å². The highest BCUT2D eigenvalue weighted by atomic mass is 16.5. The van der Waals surface area contributed by atoms with Crippen molar-refractivity contribution in [2.24, 2.45) is 7.05 Å². The fraction of sp³-hybridized carbons (Fsp3) is 0.333. The zero-order valence-corrected chi connectivity index (χ0v) is 11.7. The molecular weight excluding hydrogens is 258 g/mol. The Kier molecular flexibility index (Phi) is 2.78. The van der Waals surface area contributed by atoms with E-state index in [0.717, 1.165) is 17.0 Å². The van der Waals surface area contributed by atoms with E-state index in [4.69, 9.17) is 4.74 Å². The first kappa shape index (κ1) is 12.4. The highest BCUT2D eigenvalue weighted by Crippen LogP contribution is 2.17. The number of nitrogens with zero attached hydrogens (tertiary/aromatic N) is 6. The summed E-state index contributed by atoms with van der Waals surface area (Å²) >= 11 is 0. The molecule has 0 saturated heterocycles. The molecule has 3 rings (SSSR count). The summed E-state index contributed by atoms with van der Waals surface area (Å²) in [6, 6.07) is 4.26. The van der Waals surface area contributed by atoms with Crippen LogP contribution in [0, 0.1) is 13.8 Å². The molecule has 0 aliphatic heterocycles. The third-order valence-corrected chi connectivity index (χ3v) is 2.88. The number of nitrogens with one attached hydrogen (secondary N) is 1. The zero-order chi connectivity index (χ0) is 14.3. The molecule has 3 aromatic heterocycles. The van der Waals surface area contributed by atoms with Crippen molar-refractivity contribution in [3.05, 3.63) is 23.5 Å². The first-order chi connectivity index (χ1) is 9.56. The van der Waals surface area contributed by atoms with Crippen molar-refractivity contribution >= 4 is 17.4 Å². The molecule has 0 saturated carbocycles.